The molecule has 0 aliphatic carbocycles. The Labute approximate surface area is 141 Å². The Balaban J connectivity index is 1.86. The summed E-state index contributed by atoms with van der Waals surface area (Å²) in [5, 5.41) is 5.62. The number of hydrogen-bond acceptors (Lipinski definition) is 5. The fourth-order valence-corrected chi connectivity index (χ4v) is 3.61. The van der Waals surface area contributed by atoms with E-state index in [1.54, 1.807) is 6.07 Å². The molecule has 2 N–H and O–H groups in total. The molecule has 8 heteroatoms. The van der Waals surface area contributed by atoms with Crippen molar-refractivity contribution in [1.29, 1.82) is 0 Å². The molecule has 0 aliphatic heterocycles. The summed E-state index contributed by atoms with van der Waals surface area (Å²) in [6.07, 6.45) is 0.810. The average Bonchev–Trinajstić information content (AvgIpc) is 2.86. The van der Waals surface area contributed by atoms with Crippen molar-refractivity contribution in [2.75, 3.05) is 5.75 Å². The lowest BCUT2D eigenvalue weighted by molar-refractivity contribution is -0.117. The lowest BCUT2D eigenvalue weighted by Gasteiger charge is -2.11. The summed E-state index contributed by atoms with van der Waals surface area (Å²) in [4.78, 5) is 27.7. The first-order chi connectivity index (χ1) is 10.5. The highest BCUT2D eigenvalue weighted by Gasteiger charge is 2.12. The number of rotatable bonds is 5. The fraction of sp³-hybridized carbons (Fsp3) is 0.357. The van der Waals surface area contributed by atoms with Gasteiger partial charge in [0.2, 0.25) is 5.91 Å². The maximum absolute atomic E-state index is 11.7. The zero-order valence-corrected chi connectivity index (χ0v) is 14.6. The van der Waals surface area contributed by atoms with Crippen molar-refractivity contribution in [2.45, 2.75) is 30.6 Å². The van der Waals surface area contributed by atoms with E-state index in [9.17, 15) is 9.59 Å². The van der Waals surface area contributed by atoms with Crippen LogP contribution in [0.4, 0.5) is 4.79 Å². The summed E-state index contributed by atoms with van der Waals surface area (Å²) in [6.45, 7) is 3.84. The third-order valence-electron chi connectivity index (χ3n) is 2.90. The number of urea groups is 1. The van der Waals surface area contributed by atoms with Gasteiger partial charge in [0.05, 0.1) is 16.0 Å². The van der Waals surface area contributed by atoms with Crippen molar-refractivity contribution in [2.24, 2.45) is 0 Å². The van der Waals surface area contributed by atoms with Crippen LogP contribution in [0.3, 0.4) is 0 Å². The SMILES string of the molecule is CC[C@H](C)NC(=O)NC(=O)CSc1nc2cc(Cl)ccc2s1. The molecular weight excluding hydrogens is 342 g/mol. The molecule has 118 valence electrons. The molecule has 3 amide bonds. The van der Waals surface area contributed by atoms with Crippen LogP contribution >= 0.6 is 34.7 Å². The van der Waals surface area contributed by atoms with Crippen molar-refractivity contribution in [3.8, 4) is 0 Å². The molecule has 0 bridgehead atoms. The fourth-order valence-electron chi connectivity index (χ4n) is 1.59. The van der Waals surface area contributed by atoms with Gasteiger partial charge in [0.1, 0.15) is 0 Å². The van der Waals surface area contributed by atoms with E-state index < -0.39 is 6.03 Å². The molecular formula is C14H16ClN3O2S2. The number of carbonyl (C=O) groups is 2. The van der Waals surface area contributed by atoms with Gasteiger partial charge in [-0.2, -0.15) is 0 Å². The molecule has 0 unspecified atom stereocenters. The highest BCUT2D eigenvalue weighted by atomic mass is 35.5. The highest BCUT2D eigenvalue weighted by Crippen LogP contribution is 2.30. The molecule has 22 heavy (non-hydrogen) atoms. The van der Waals surface area contributed by atoms with Crippen LogP contribution in [-0.2, 0) is 4.79 Å². The Bertz CT molecular complexity index is 690. The van der Waals surface area contributed by atoms with Crippen molar-refractivity contribution < 1.29 is 9.59 Å². The van der Waals surface area contributed by atoms with Crippen molar-refractivity contribution in [3.63, 3.8) is 0 Å². The summed E-state index contributed by atoms with van der Waals surface area (Å²) >= 11 is 8.71. The van der Waals surface area contributed by atoms with E-state index in [4.69, 9.17) is 11.6 Å². The van der Waals surface area contributed by atoms with Crippen LogP contribution in [0.2, 0.25) is 5.02 Å². The number of fused-ring (bicyclic) bond motifs is 1. The van der Waals surface area contributed by atoms with Gasteiger partial charge in [0.25, 0.3) is 0 Å². The van der Waals surface area contributed by atoms with Crippen LogP contribution in [0, 0.1) is 0 Å². The maximum Gasteiger partial charge on any atom is 0.321 e. The monoisotopic (exact) mass is 357 g/mol. The largest absolute Gasteiger partial charge is 0.335 e. The minimum absolute atomic E-state index is 0.0365. The van der Waals surface area contributed by atoms with Gasteiger partial charge in [0, 0.05) is 11.1 Å². The van der Waals surface area contributed by atoms with Crippen LogP contribution in [-0.4, -0.2) is 28.7 Å². The molecule has 2 aromatic rings. The van der Waals surface area contributed by atoms with E-state index >= 15 is 0 Å². The van der Waals surface area contributed by atoms with Gasteiger partial charge in [-0.05, 0) is 31.5 Å². The third-order valence-corrected chi connectivity index (χ3v) is 5.31. The van der Waals surface area contributed by atoms with Gasteiger partial charge in [-0.3, -0.25) is 10.1 Å². The molecule has 0 aliphatic rings. The van der Waals surface area contributed by atoms with Crippen molar-refractivity contribution in [1.82, 2.24) is 15.6 Å². The number of halogens is 1. The first-order valence-electron chi connectivity index (χ1n) is 6.77. The number of benzene rings is 1. The molecule has 1 aromatic carbocycles. The molecule has 1 atom stereocenters. The summed E-state index contributed by atoms with van der Waals surface area (Å²) in [6, 6.07) is 5.07. The second kappa shape index (κ2) is 7.80. The number of carbonyl (C=O) groups excluding carboxylic acids is 2. The van der Waals surface area contributed by atoms with Crippen molar-refractivity contribution >= 4 is 56.9 Å². The summed E-state index contributed by atoms with van der Waals surface area (Å²) in [5.41, 5.74) is 0.815. The lowest BCUT2D eigenvalue weighted by atomic mass is 10.3. The predicted octanol–water partition coefficient (Wildman–Crippen LogP) is 3.67. The van der Waals surface area contributed by atoms with Gasteiger partial charge in [0.15, 0.2) is 4.34 Å². The number of thiazole rings is 1. The van der Waals surface area contributed by atoms with Gasteiger partial charge in [-0.1, -0.05) is 30.3 Å². The van der Waals surface area contributed by atoms with E-state index in [2.05, 4.69) is 15.6 Å². The summed E-state index contributed by atoms with van der Waals surface area (Å²) in [5.74, 6) is -0.204. The van der Waals surface area contributed by atoms with E-state index in [0.717, 1.165) is 21.0 Å². The van der Waals surface area contributed by atoms with E-state index in [0.29, 0.717) is 5.02 Å². The number of thioether (sulfide) groups is 1. The Hall–Kier alpha value is -1.31. The molecule has 0 radical (unpaired) electrons. The maximum atomic E-state index is 11.7. The van der Waals surface area contributed by atoms with E-state index in [1.165, 1.54) is 23.1 Å². The molecule has 1 aromatic heterocycles. The van der Waals surface area contributed by atoms with E-state index in [-0.39, 0.29) is 17.7 Å². The van der Waals surface area contributed by atoms with Crippen LogP contribution < -0.4 is 10.6 Å². The Morgan fingerprint density at radius 2 is 2.23 bits per heavy atom. The Morgan fingerprint density at radius 1 is 1.45 bits per heavy atom. The van der Waals surface area contributed by atoms with E-state index in [1.807, 2.05) is 26.0 Å². The third kappa shape index (κ3) is 4.86. The van der Waals surface area contributed by atoms with Gasteiger partial charge >= 0.3 is 6.03 Å². The molecule has 5 nitrogen and oxygen atoms in total. The van der Waals surface area contributed by atoms with Gasteiger partial charge in [-0.25, -0.2) is 9.78 Å². The molecule has 0 saturated heterocycles. The Morgan fingerprint density at radius 3 is 2.95 bits per heavy atom. The molecule has 0 saturated carbocycles. The minimum atomic E-state index is -0.462. The molecule has 0 fully saturated rings. The number of nitrogens with zero attached hydrogens (tertiary/aromatic N) is 1. The Kier molecular flexibility index (Phi) is 6.05. The first-order valence-corrected chi connectivity index (χ1v) is 8.95. The zero-order valence-electron chi connectivity index (χ0n) is 12.2. The topological polar surface area (TPSA) is 71.1 Å². The number of imide groups is 1. The second-order valence-corrected chi connectivity index (χ2v) is 7.40. The van der Waals surface area contributed by atoms with Gasteiger partial charge < -0.3 is 5.32 Å². The first kappa shape index (κ1) is 17.1. The smallest absolute Gasteiger partial charge is 0.321 e. The standard InChI is InChI=1S/C14H16ClN3O2S2/c1-3-8(2)16-13(20)18-12(19)7-21-14-17-10-6-9(15)4-5-11(10)22-14/h4-6,8H,3,7H2,1-2H3,(H2,16,18,19,20)/t8-/m0/s1. The van der Waals surface area contributed by atoms with Crippen molar-refractivity contribution in [3.05, 3.63) is 23.2 Å². The number of aromatic nitrogens is 1. The highest BCUT2D eigenvalue weighted by molar-refractivity contribution is 8.01. The second-order valence-electron chi connectivity index (χ2n) is 4.71. The molecule has 2 rings (SSSR count). The lowest BCUT2D eigenvalue weighted by Crippen LogP contribution is -2.43. The number of amides is 3. The van der Waals surface area contributed by atoms with Crippen LogP contribution in [0.5, 0.6) is 0 Å². The summed E-state index contributed by atoms with van der Waals surface area (Å²) < 4.78 is 1.79. The number of nitrogens with one attached hydrogen (secondary N) is 2. The molecule has 1 heterocycles. The molecule has 0 spiro atoms. The normalized spacial score (nSPS) is 12.1. The van der Waals surface area contributed by atoms with Crippen LogP contribution in [0.15, 0.2) is 22.5 Å². The quantitative estimate of drug-likeness (QED) is 0.801. The summed E-state index contributed by atoms with van der Waals surface area (Å²) in [7, 11) is 0. The van der Waals surface area contributed by atoms with Crippen LogP contribution in [0.25, 0.3) is 10.2 Å². The zero-order chi connectivity index (χ0) is 16.1. The predicted molar refractivity (Wildman–Crippen MR) is 91.8 cm³/mol. The van der Waals surface area contributed by atoms with Crippen LogP contribution in [0.1, 0.15) is 20.3 Å². The average molecular weight is 358 g/mol. The minimum Gasteiger partial charge on any atom is -0.335 e. The van der Waals surface area contributed by atoms with Gasteiger partial charge in [-0.15, -0.1) is 11.3 Å². The number of hydrogen-bond donors (Lipinski definition) is 2.